The second-order valence-corrected chi connectivity index (χ2v) is 5.49. The van der Waals surface area contributed by atoms with Crippen molar-refractivity contribution in [1.29, 1.82) is 0 Å². The van der Waals surface area contributed by atoms with Crippen LogP contribution in [0.2, 0.25) is 0 Å². The highest BCUT2D eigenvalue weighted by atomic mass is 16.5. The molecule has 0 aliphatic rings. The lowest BCUT2D eigenvalue weighted by Gasteiger charge is -2.07. The van der Waals surface area contributed by atoms with Crippen LogP contribution in [-0.4, -0.2) is 5.78 Å². The van der Waals surface area contributed by atoms with Gasteiger partial charge in [0.1, 0.15) is 12.4 Å². The van der Waals surface area contributed by atoms with Gasteiger partial charge in [-0.2, -0.15) is 0 Å². The third-order valence-electron chi connectivity index (χ3n) is 3.68. The molecule has 0 aromatic heterocycles. The van der Waals surface area contributed by atoms with Gasteiger partial charge in [0.15, 0.2) is 5.78 Å². The van der Waals surface area contributed by atoms with Crippen molar-refractivity contribution in [3.05, 3.63) is 101 Å². The van der Waals surface area contributed by atoms with E-state index < -0.39 is 0 Å². The van der Waals surface area contributed by atoms with Gasteiger partial charge in [-0.05, 0) is 36.8 Å². The minimum atomic E-state index is 0.0238. The fraction of sp³-hybridized carbons (Fsp3) is 0.0952. The van der Waals surface area contributed by atoms with Crippen LogP contribution in [0.1, 0.15) is 27.0 Å². The van der Waals surface area contributed by atoms with E-state index in [4.69, 9.17) is 4.74 Å². The predicted octanol–water partition coefficient (Wildman–Crippen LogP) is 4.81. The largest absolute Gasteiger partial charge is 0.489 e. The molecule has 0 unspecified atom stereocenters. The Labute approximate surface area is 136 Å². The van der Waals surface area contributed by atoms with E-state index in [1.165, 1.54) is 5.56 Å². The van der Waals surface area contributed by atoms with Crippen molar-refractivity contribution >= 4 is 5.78 Å². The Hall–Kier alpha value is -2.87. The zero-order valence-electron chi connectivity index (χ0n) is 13.0. The molecule has 0 radical (unpaired) electrons. The van der Waals surface area contributed by atoms with Crippen molar-refractivity contribution < 1.29 is 9.53 Å². The summed E-state index contributed by atoms with van der Waals surface area (Å²) < 4.78 is 5.76. The first-order valence-electron chi connectivity index (χ1n) is 7.60. The molecule has 0 heterocycles. The van der Waals surface area contributed by atoms with Crippen molar-refractivity contribution in [2.75, 3.05) is 0 Å². The molecule has 3 rings (SSSR count). The first kappa shape index (κ1) is 15.0. The van der Waals surface area contributed by atoms with Crippen molar-refractivity contribution in [1.82, 2.24) is 0 Å². The molecule has 0 fully saturated rings. The van der Waals surface area contributed by atoms with Gasteiger partial charge < -0.3 is 4.74 Å². The van der Waals surface area contributed by atoms with E-state index in [-0.39, 0.29) is 5.78 Å². The second-order valence-electron chi connectivity index (χ2n) is 5.49. The van der Waals surface area contributed by atoms with E-state index >= 15 is 0 Å². The highest BCUT2D eigenvalue weighted by Crippen LogP contribution is 2.17. The summed E-state index contributed by atoms with van der Waals surface area (Å²) in [4.78, 5) is 12.3. The molecule has 0 N–H and O–H groups in total. The average Bonchev–Trinajstić information content (AvgIpc) is 2.62. The maximum Gasteiger partial charge on any atom is 0.193 e. The van der Waals surface area contributed by atoms with Gasteiger partial charge in [-0.1, -0.05) is 60.2 Å². The summed E-state index contributed by atoms with van der Waals surface area (Å²) in [6.45, 7) is 2.58. The third kappa shape index (κ3) is 3.86. The molecule has 2 heteroatoms. The molecule has 0 amide bonds. The average molecular weight is 302 g/mol. The van der Waals surface area contributed by atoms with Gasteiger partial charge in [-0.3, -0.25) is 4.79 Å². The van der Waals surface area contributed by atoms with Gasteiger partial charge >= 0.3 is 0 Å². The molecule has 3 aromatic carbocycles. The van der Waals surface area contributed by atoms with Crippen LogP contribution in [0.4, 0.5) is 0 Å². The van der Waals surface area contributed by atoms with Crippen molar-refractivity contribution in [2.45, 2.75) is 13.5 Å². The smallest absolute Gasteiger partial charge is 0.193 e. The Bertz CT molecular complexity index is 772. The molecule has 2 nitrogen and oxygen atoms in total. The number of benzene rings is 3. The van der Waals surface area contributed by atoms with Crippen LogP contribution in [0.5, 0.6) is 5.75 Å². The van der Waals surface area contributed by atoms with E-state index in [9.17, 15) is 4.79 Å². The highest BCUT2D eigenvalue weighted by Gasteiger charge is 2.08. The van der Waals surface area contributed by atoms with Gasteiger partial charge in [0, 0.05) is 11.1 Å². The molecule has 23 heavy (non-hydrogen) atoms. The molecule has 0 atom stereocenters. The molecular weight excluding hydrogens is 284 g/mol. The second kappa shape index (κ2) is 6.93. The Morgan fingerprint density at radius 1 is 0.783 bits per heavy atom. The van der Waals surface area contributed by atoms with E-state index in [1.807, 2.05) is 42.5 Å². The Kier molecular flexibility index (Phi) is 4.53. The van der Waals surface area contributed by atoms with E-state index in [1.54, 1.807) is 12.1 Å². The topological polar surface area (TPSA) is 26.3 Å². The zero-order chi connectivity index (χ0) is 16.1. The summed E-state index contributed by atoms with van der Waals surface area (Å²) in [5.41, 5.74) is 3.72. The van der Waals surface area contributed by atoms with E-state index in [2.05, 4.69) is 31.2 Å². The number of hydrogen-bond acceptors (Lipinski definition) is 2. The molecule has 0 bridgehead atoms. The molecule has 0 saturated heterocycles. The van der Waals surface area contributed by atoms with Crippen molar-refractivity contribution in [3.63, 3.8) is 0 Å². The number of aryl methyl sites for hydroxylation is 1. The summed E-state index contributed by atoms with van der Waals surface area (Å²) in [5.74, 6) is 0.783. The molecule has 114 valence electrons. The van der Waals surface area contributed by atoms with Crippen LogP contribution in [0.15, 0.2) is 78.9 Å². The van der Waals surface area contributed by atoms with E-state index in [0.717, 1.165) is 11.3 Å². The predicted molar refractivity (Wildman–Crippen MR) is 91.8 cm³/mol. The first-order valence-corrected chi connectivity index (χ1v) is 7.60. The summed E-state index contributed by atoms with van der Waals surface area (Å²) >= 11 is 0. The van der Waals surface area contributed by atoms with Crippen molar-refractivity contribution in [3.8, 4) is 5.75 Å². The van der Waals surface area contributed by atoms with Crippen molar-refractivity contribution in [2.24, 2.45) is 0 Å². The maximum atomic E-state index is 12.3. The molecule has 0 aliphatic carbocycles. The standard InChI is InChI=1S/C21H18O2/c1-16-7-9-17(10-8-16)15-23-20-13-11-19(12-14-20)21(22)18-5-3-2-4-6-18/h2-14H,15H2,1H3. The number of carbonyl (C=O) groups excluding carboxylic acids is 1. The number of carbonyl (C=O) groups is 1. The monoisotopic (exact) mass is 302 g/mol. The minimum Gasteiger partial charge on any atom is -0.489 e. The lowest BCUT2D eigenvalue weighted by molar-refractivity contribution is 0.103. The normalized spacial score (nSPS) is 10.3. The van der Waals surface area contributed by atoms with Gasteiger partial charge in [0.2, 0.25) is 0 Å². The number of rotatable bonds is 5. The summed E-state index contributed by atoms with van der Waals surface area (Å²) in [7, 11) is 0. The van der Waals surface area contributed by atoms with Gasteiger partial charge in [-0.25, -0.2) is 0 Å². The Morgan fingerprint density at radius 3 is 2.04 bits per heavy atom. The van der Waals surface area contributed by atoms with Crippen LogP contribution in [0, 0.1) is 6.92 Å². The number of hydrogen-bond donors (Lipinski definition) is 0. The summed E-state index contributed by atoms with van der Waals surface area (Å²) in [6.07, 6.45) is 0. The lowest BCUT2D eigenvalue weighted by atomic mass is 10.0. The molecule has 3 aromatic rings. The molecule has 0 spiro atoms. The van der Waals surface area contributed by atoms with Crippen LogP contribution < -0.4 is 4.74 Å². The van der Waals surface area contributed by atoms with Gasteiger partial charge in [0.25, 0.3) is 0 Å². The van der Waals surface area contributed by atoms with Crippen LogP contribution >= 0.6 is 0 Å². The zero-order valence-corrected chi connectivity index (χ0v) is 13.0. The summed E-state index contributed by atoms with van der Waals surface area (Å²) in [6, 6.07) is 24.8. The maximum absolute atomic E-state index is 12.3. The minimum absolute atomic E-state index is 0.0238. The summed E-state index contributed by atoms with van der Waals surface area (Å²) in [5, 5.41) is 0. The lowest BCUT2D eigenvalue weighted by Crippen LogP contribution is -2.01. The molecule has 0 aliphatic heterocycles. The quantitative estimate of drug-likeness (QED) is 0.632. The number of ether oxygens (including phenoxy) is 1. The van der Waals surface area contributed by atoms with Gasteiger partial charge in [0.05, 0.1) is 0 Å². The van der Waals surface area contributed by atoms with Crippen LogP contribution in [0.3, 0.4) is 0 Å². The first-order chi connectivity index (χ1) is 11.2. The van der Waals surface area contributed by atoms with Crippen LogP contribution in [0.25, 0.3) is 0 Å². The fourth-order valence-corrected chi connectivity index (χ4v) is 2.31. The Morgan fingerprint density at radius 2 is 1.39 bits per heavy atom. The van der Waals surface area contributed by atoms with Crippen LogP contribution in [-0.2, 0) is 6.61 Å². The third-order valence-corrected chi connectivity index (χ3v) is 3.68. The van der Waals surface area contributed by atoms with Gasteiger partial charge in [-0.15, -0.1) is 0 Å². The Balaban J connectivity index is 1.65. The molecular formula is C21H18O2. The fourth-order valence-electron chi connectivity index (χ4n) is 2.31. The SMILES string of the molecule is Cc1ccc(COc2ccc(C(=O)c3ccccc3)cc2)cc1. The number of ketones is 1. The van der Waals surface area contributed by atoms with E-state index in [0.29, 0.717) is 17.7 Å². The molecule has 0 saturated carbocycles. The highest BCUT2D eigenvalue weighted by molar-refractivity contribution is 6.08.